The molecular formula is C23H33N3O6S. The number of aryl methyl sites for hydroxylation is 2. The van der Waals surface area contributed by atoms with Gasteiger partial charge < -0.3 is 19.3 Å². The largest absolute Gasteiger partial charge is 0.490 e. The number of benzene rings is 1. The molecule has 0 bridgehead atoms. The molecule has 0 radical (unpaired) electrons. The van der Waals surface area contributed by atoms with Crippen molar-refractivity contribution in [2.24, 2.45) is 5.92 Å². The molecule has 1 aromatic heterocycles. The Kier molecular flexibility index (Phi) is 8.36. The number of carbonyl (C=O) groups is 1. The number of rotatable bonds is 10. The number of hydrogen-bond donors (Lipinski definition) is 1. The first-order valence-electron chi connectivity index (χ1n) is 11.4. The van der Waals surface area contributed by atoms with E-state index in [-0.39, 0.29) is 22.5 Å². The summed E-state index contributed by atoms with van der Waals surface area (Å²) in [7, 11) is -3.68. The molecule has 1 fully saturated rings. The number of hydrogen-bond acceptors (Lipinski definition) is 7. The van der Waals surface area contributed by atoms with Gasteiger partial charge in [0.15, 0.2) is 17.3 Å². The van der Waals surface area contributed by atoms with E-state index in [1.54, 1.807) is 13.8 Å². The molecule has 0 spiro atoms. The van der Waals surface area contributed by atoms with E-state index in [9.17, 15) is 13.2 Å². The van der Waals surface area contributed by atoms with Gasteiger partial charge in [0.05, 0.1) is 13.2 Å². The predicted octanol–water partition coefficient (Wildman–Crippen LogP) is 2.85. The van der Waals surface area contributed by atoms with Crippen molar-refractivity contribution in [3.63, 3.8) is 0 Å². The summed E-state index contributed by atoms with van der Waals surface area (Å²) in [5.41, 5.74) is 1.40. The molecule has 10 heteroatoms. The third-order valence-electron chi connectivity index (χ3n) is 5.71. The molecule has 0 aliphatic carbocycles. The molecule has 0 unspecified atom stereocenters. The van der Waals surface area contributed by atoms with Gasteiger partial charge in [-0.1, -0.05) is 11.2 Å². The molecule has 1 aliphatic rings. The van der Waals surface area contributed by atoms with Gasteiger partial charge in [0, 0.05) is 25.6 Å². The summed E-state index contributed by atoms with van der Waals surface area (Å²) in [5, 5.41) is 6.74. The van der Waals surface area contributed by atoms with E-state index < -0.39 is 10.0 Å². The smallest absolute Gasteiger partial charge is 0.248 e. The van der Waals surface area contributed by atoms with E-state index in [1.807, 2.05) is 32.0 Å². The van der Waals surface area contributed by atoms with Gasteiger partial charge in [0.25, 0.3) is 0 Å². The minimum atomic E-state index is -3.68. The molecule has 3 rings (SSSR count). The Hall–Kier alpha value is -2.59. The Morgan fingerprint density at radius 1 is 1.15 bits per heavy atom. The first kappa shape index (κ1) is 25.0. The third-order valence-corrected chi connectivity index (χ3v) is 7.85. The summed E-state index contributed by atoms with van der Waals surface area (Å²) >= 11 is 0. The van der Waals surface area contributed by atoms with Gasteiger partial charge in [-0.25, -0.2) is 8.42 Å². The Bertz CT molecular complexity index is 1040. The quantitative estimate of drug-likeness (QED) is 0.558. The van der Waals surface area contributed by atoms with Crippen LogP contribution in [0.15, 0.2) is 27.6 Å². The first-order valence-corrected chi connectivity index (χ1v) is 12.8. The van der Waals surface area contributed by atoms with Crippen LogP contribution >= 0.6 is 0 Å². The molecule has 9 nitrogen and oxygen atoms in total. The van der Waals surface area contributed by atoms with Crippen LogP contribution < -0.4 is 14.8 Å². The summed E-state index contributed by atoms with van der Waals surface area (Å²) in [4.78, 5) is 12.8. The Labute approximate surface area is 195 Å². The van der Waals surface area contributed by atoms with Crippen LogP contribution in [-0.4, -0.2) is 56.6 Å². The van der Waals surface area contributed by atoms with Crippen LogP contribution in [0.4, 0.5) is 0 Å². The lowest BCUT2D eigenvalue weighted by Gasteiger charge is -2.30. The highest BCUT2D eigenvalue weighted by Gasteiger charge is 2.35. The standard InChI is InChI=1S/C23H33N3O6S/c1-5-30-20-8-7-18(15-21(20)31-6-2)9-12-24-23(27)19-10-13-26(14-11-19)33(28,29)22-16(3)25-32-17(22)4/h7-8,15,19H,5-6,9-14H2,1-4H3,(H,24,27). The molecular weight excluding hydrogens is 446 g/mol. The zero-order valence-electron chi connectivity index (χ0n) is 19.7. The van der Waals surface area contributed by atoms with Gasteiger partial charge >= 0.3 is 0 Å². The normalized spacial score (nSPS) is 15.4. The van der Waals surface area contributed by atoms with Crippen molar-refractivity contribution < 1.29 is 27.2 Å². The predicted molar refractivity (Wildman–Crippen MR) is 123 cm³/mol. The zero-order valence-corrected chi connectivity index (χ0v) is 20.5. The molecule has 182 valence electrons. The summed E-state index contributed by atoms with van der Waals surface area (Å²) < 4.78 is 43.6. The van der Waals surface area contributed by atoms with Crippen LogP contribution in [0.25, 0.3) is 0 Å². The average Bonchev–Trinajstić information content (AvgIpc) is 3.14. The van der Waals surface area contributed by atoms with E-state index >= 15 is 0 Å². The van der Waals surface area contributed by atoms with Crippen molar-refractivity contribution >= 4 is 15.9 Å². The van der Waals surface area contributed by atoms with Gasteiger partial charge in [-0.3, -0.25) is 4.79 Å². The second-order valence-corrected chi connectivity index (χ2v) is 9.89. The van der Waals surface area contributed by atoms with Crippen molar-refractivity contribution in [2.75, 3.05) is 32.8 Å². The van der Waals surface area contributed by atoms with E-state index in [4.69, 9.17) is 14.0 Å². The maximum Gasteiger partial charge on any atom is 0.248 e. The number of sulfonamides is 1. The molecule has 2 aromatic rings. The third kappa shape index (κ3) is 5.86. The summed E-state index contributed by atoms with van der Waals surface area (Å²) in [6.45, 7) is 9.25. The molecule has 0 saturated carbocycles. The number of aromatic nitrogens is 1. The highest BCUT2D eigenvalue weighted by atomic mass is 32.2. The minimum absolute atomic E-state index is 0.0413. The SMILES string of the molecule is CCOc1ccc(CCNC(=O)C2CCN(S(=O)(=O)c3c(C)noc3C)CC2)cc1OCC. The molecule has 1 aromatic carbocycles. The molecule has 1 saturated heterocycles. The van der Waals surface area contributed by atoms with Gasteiger partial charge in [-0.2, -0.15) is 4.31 Å². The lowest BCUT2D eigenvalue weighted by molar-refractivity contribution is -0.126. The minimum Gasteiger partial charge on any atom is -0.490 e. The molecule has 1 amide bonds. The van der Waals surface area contributed by atoms with Gasteiger partial charge in [0.2, 0.25) is 15.9 Å². The Morgan fingerprint density at radius 2 is 1.82 bits per heavy atom. The Morgan fingerprint density at radius 3 is 2.42 bits per heavy atom. The zero-order chi connectivity index (χ0) is 24.0. The second-order valence-electron chi connectivity index (χ2n) is 8.02. The van der Waals surface area contributed by atoms with Crippen LogP contribution in [0.2, 0.25) is 0 Å². The van der Waals surface area contributed by atoms with Gasteiger partial charge in [-0.15, -0.1) is 0 Å². The van der Waals surface area contributed by atoms with Crippen molar-refractivity contribution in [2.45, 2.75) is 51.9 Å². The molecule has 0 atom stereocenters. The lowest BCUT2D eigenvalue weighted by atomic mass is 9.97. The van der Waals surface area contributed by atoms with Crippen LogP contribution in [0.1, 0.15) is 43.7 Å². The number of nitrogens with one attached hydrogen (secondary N) is 1. The summed E-state index contributed by atoms with van der Waals surface area (Å²) in [5.74, 6) is 1.45. The fourth-order valence-corrected chi connectivity index (χ4v) is 5.82. The highest BCUT2D eigenvalue weighted by Crippen LogP contribution is 2.29. The summed E-state index contributed by atoms with van der Waals surface area (Å²) in [6, 6.07) is 5.80. The number of amides is 1. The molecule has 1 aliphatic heterocycles. The second kappa shape index (κ2) is 11.0. The maximum absolute atomic E-state index is 12.9. The molecule has 2 heterocycles. The van der Waals surface area contributed by atoms with Gasteiger partial charge in [-0.05, 0) is 64.7 Å². The number of nitrogens with zero attached hydrogens (tertiary/aromatic N) is 2. The summed E-state index contributed by atoms with van der Waals surface area (Å²) in [6.07, 6.45) is 1.62. The van der Waals surface area contributed by atoms with E-state index in [1.165, 1.54) is 4.31 Å². The van der Waals surface area contributed by atoms with Crippen LogP contribution in [0, 0.1) is 19.8 Å². The average molecular weight is 480 g/mol. The van der Waals surface area contributed by atoms with E-state index in [0.29, 0.717) is 69.3 Å². The van der Waals surface area contributed by atoms with Crippen LogP contribution in [-0.2, 0) is 21.2 Å². The Balaban J connectivity index is 1.50. The van der Waals surface area contributed by atoms with Crippen LogP contribution in [0.3, 0.4) is 0 Å². The molecule has 1 N–H and O–H groups in total. The van der Waals surface area contributed by atoms with Crippen molar-refractivity contribution in [3.8, 4) is 11.5 Å². The number of carbonyl (C=O) groups excluding carboxylic acids is 1. The number of ether oxygens (including phenoxy) is 2. The highest BCUT2D eigenvalue weighted by molar-refractivity contribution is 7.89. The van der Waals surface area contributed by atoms with Crippen molar-refractivity contribution in [3.05, 3.63) is 35.2 Å². The van der Waals surface area contributed by atoms with E-state index in [0.717, 1.165) is 5.56 Å². The fraction of sp³-hybridized carbons (Fsp3) is 0.565. The van der Waals surface area contributed by atoms with Crippen LogP contribution in [0.5, 0.6) is 11.5 Å². The van der Waals surface area contributed by atoms with Crippen molar-refractivity contribution in [1.82, 2.24) is 14.8 Å². The van der Waals surface area contributed by atoms with Gasteiger partial charge in [0.1, 0.15) is 10.6 Å². The van der Waals surface area contributed by atoms with E-state index in [2.05, 4.69) is 10.5 Å². The molecule has 33 heavy (non-hydrogen) atoms. The maximum atomic E-state index is 12.9. The lowest BCUT2D eigenvalue weighted by Crippen LogP contribution is -2.43. The topological polar surface area (TPSA) is 111 Å². The number of piperidine rings is 1. The first-order chi connectivity index (χ1) is 15.8. The monoisotopic (exact) mass is 479 g/mol. The fourth-order valence-electron chi connectivity index (χ4n) is 4.06. The van der Waals surface area contributed by atoms with Crippen molar-refractivity contribution in [1.29, 1.82) is 0 Å².